The number of hydrogen-bond acceptors (Lipinski definition) is 4. The van der Waals surface area contributed by atoms with Gasteiger partial charge in [-0.05, 0) is 31.0 Å². The van der Waals surface area contributed by atoms with E-state index in [1.165, 1.54) is 19.2 Å². The zero-order chi connectivity index (χ0) is 16.1. The molecule has 1 aromatic carbocycles. The molecule has 2 rings (SSSR count). The largest absolute Gasteiger partial charge is 0.496 e. The maximum atomic E-state index is 13.3. The molecular weight excluding hydrogens is 289 g/mol. The number of carbonyl (C=O) groups excluding carboxylic acids is 2. The summed E-state index contributed by atoms with van der Waals surface area (Å²) in [6, 6.07) is 3.83. The van der Waals surface area contributed by atoms with E-state index in [4.69, 9.17) is 10.5 Å². The Labute approximate surface area is 128 Å². The molecule has 1 aromatic rings. The van der Waals surface area contributed by atoms with Gasteiger partial charge in [0.15, 0.2) is 0 Å². The fourth-order valence-electron chi connectivity index (χ4n) is 2.58. The van der Waals surface area contributed by atoms with Crippen molar-refractivity contribution in [3.63, 3.8) is 0 Å². The number of primary amides is 1. The molecule has 0 bridgehead atoms. The maximum absolute atomic E-state index is 13.3. The number of rotatable bonds is 5. The van der Waals surface area contributed by atoms with Crippen LogP contribution in [0, 0.1) is 5.82 Å². The molecule has 1 fully saturated rings. The van der Waals surface area contributed by atoms with E-state index in [-0.39, 0.29) is 30.0 Å². The van der Waals surface area contributed by atoms with E-state index in [9.17, 15) is 14.0 Å². The second-order valence-electron chi connectivity index (χ2n) is 5.33. The van der Waals surface area contributed by atoms with E-state index in [0.29, 0.717) is 18.8 Å². The second kappa shape index (κ2) is 7.22. The standard InChI is InChI=1S/C15H20FN3O3/c1-22-13-3-2-10(16)8-12(13)15(21)18-11-4-6-19(7-5-11)9-14(17)20/h2-3,8,11H,4-7,9H2,1H3,(H2,17,20)(H,18,21). The zero-order valence-corrected chi connectivity index (χ0v) is 12.5. The van der Waals surface area contributed by atoms with Gasteiger partial charge in [-0.3, -0.25) is 14.5 Å². The first-order chi connectivity index (χ1) is 10.5. The number of amides is 2. The molecule has 120 valence electrons. The summed E-state index contributed by atoms with van der Waals surface area (Å²) >= 11 is 0. The van der Waals surface area contributed by atoms with Crippen LogP contribution in [-0.4, -0.2) is 49.5 Å². The monoisotopic (exact) mass is 309 g/mol. The van der Waals surface area contributed by atoms with E-state index in [2.05, 4.69) is 5.32 Å². The Morgan fingerprint density at radius 3 is 2.68 bits per heavy atom. The molecule has 2 amide bonds. The van der Waals surface area contributed by atoms with Crippen LogP contribution < -0.4 is 15.8 Å². The first-order valence-corrected chi connectivity index (χ1v) is 7.14. The number of hydrogen-bond donors (Lipinski definition) is 2. The molecule has 0 radical (unpaired) electrons. The number of benzene rings is 1. The molecule has 0 saturated carbocycles. The van der Waals surface area contributed by atoms with Gasteiger partial charge in [-0.25, -0.2) is 4.39 Å². The lowest BCUT2D eigenvalue weighted by atomic mass is 10.0. The van der Waals surface area contributed by atoms with E-state index < -0.39 is 5.82 Å². The summed E-state index contributed by atoms with van der Waals surface area (Å²) in [6.07, 6.45) is 1.44. The van der Waals surface area contributed by atoms with Crippen molar-refractivity contribution in [1.29, 1.82) is 0 Å². The van der Waals surface area contributed by atoms with Gasteiger partial charge in [-0.2, -0.15) is 0 Å². The molecule has 0 aromatic heterocycles. The molecule has 6 nitrogen and oxygen atoms in total. The third-order valence-corrected chi connectivity index (χ3v) is 3.71. The van der Waals surface area contributed by atoms with Crippen LogP contribution in [0.5, 0.6) is 5.75 Å². The van der Waals surface area contributed by atoms with Gasteiger partial charge >= 0.3 is 0 Å². The third kappa shape index (κ3) is 4.17. The number of halogens is 1. The van der Waals surface area contributed by atoms with Gasteiger partial charge in [-0.15, -0.1) is 0 Å². The predicted octanol–water partition coefficient (Wildman–Crippen LogP) is 0.514. The number of nitrogens with one attached hydrogen (secondary N) is 1. The Balaban J connectivity index is 1.93. The molecule has 0 aliphatic carbocycles. The highest BCUT2D eigenvalue weighted by Crippen LogP contribution is 2.20. The van der Waals surface area contributed by atoms with Gasteiger partial charge in [-0.1, -0.05) is 0 Å². The quantitative estimate of drug-likeness (QED) is 0.830. The minimum atomic E-state index is -0.484. The van der Waals surface area contributed by atoms with Gasteiger partial charge in [0.25, 0.3) is 5.91 Å². The van der Waals surface area contributed by atoms with Gasteiger partial charge in [0, 0.05) is 19.1 Å². The Hall–Kier alpha value is -2.15. The molecule has 1 aliphatic heterocycles. The molecule has 3 N–H and O–H groups in total. The summed E-state index contributed by atoms with van der Waals surface area (Å²) in [5.41, 5.74) is 5.34. The van der Waals surface area contributed by atoms with Crippen LogP contribution in [0.25, 0.3) is 0 Å². The fraction of sp³-hybridized carbons (Fsp3) is 0.467. The van der Waals surface area contributed by atoms with Crippen LogP contribution in [0.15, 0.2) is 18.2 Å². The van der Waals surface area contributed by atoms with Crippen LogP contribution >= 0.6 is 0 Å². The highest BCUT2D eigenvalue weighted by Gasteiger charge is 2.23. The van der Waals surface area contributed by atoms with Crippen LogP contribution in [0.2, 0.25) is 0 Å². The van der Waals surface area contributed by atoms with E-state index in [1.54, 1.807) is 0 Å². The molecule has 0 atom stereocenters. The summed E-state index contributed by atoms with van der Waals surface area (Å²) in [7, 11) is 1.44. The minimum Gasteiger partial charge on any atom is -0.496 e. The molecule has 0 spiro atoms. The van der Waals surface area contributed by atoms with Gasteiger partial charge in [0.05, 0.1) is 19.2 Å². The lowest BCUT2D eigenvalue weighted by Gasteiger charge is -2.31. The van der Waals surface area contributed by atoms with Crippen molar-refractivity contribution >= 4 is 11.8 Å². The molecule has 1 saturated heterocycles. The smallest absolute Gasteiger partial charge is 0.255 e. The van der Waals surface area contributed by atoms with Gasteiger partial charge in [0.1, 0.15) is 11.6 Å². The van der Waals surface area contributed by atoms with E-state index in [0.717, 1.165) is 18.9 Å². The summed E-state index contributed by atoms with van der Waals surface area (Å²) in [6.45, 7) is 1.61. The van der Waals surface area contributed by atoms with Crippen LogP contribution in [-0.2, 0) is 4.79 Å². The summed E-state index contributed by atoms with van der Waals surface area (Å²) in [4.78, 5) is 25.1. The zero-order valence-electron chi connectivity index (χ0n) is 12.5. The highest BCUT2D eigenvalue weighted by molar-refractivity contribution is 5.97. The summed E-state index contributed by atoms with van der Waals surface area (Å²) in [5, 5.41) is 2.88. The molecular formula is C15H20FN3O3. The number of nitrogens with zero attached hydrogens (tertiary/aromatic N) is 1. The normalized spacial score (nSPS) is 16.3. The Kier molecular flexibility index (Phi) is 5.32. The van der Waals surface area contributed by atoms with Crippen LogP contribution in [0.3, 0.4) is 0 Å². The molecule has 1 heterocycles. The summed E-state index contributed by atoms with van der Waals surface area (Å²) in [5.74, 6) is -0.857. The lowest BCUT2D eigenvalue weighted by molar-refractivity contribution is -0.119. The third-order valence-electron chi connectivity index (χ3n) is 3.71. The second-order valence-corrected chi connectivity index (χ2v) is 5.33. The van der Waals surface area contributed by atoms with E-state index in [1.807, 2.05) is 4.90 Å². The van der Waals surface area contributed by atoms with Crippen molar-refractivity contribution < 1.29 is 18.7 Å². The maximum Gasteiger partial charge on any atom is 0.255 e. The Bertz CT molecular complexity index is 557. The van der Waals surface area contributed by atoms with Gasteiger partial charge in [0.2, 0.25) is 5.91 Å². The fourth-order valence-corrected chi connectivity index (χ4v) is 2.58. The van der Waals surface area contributed by atoms with Crippen LogP contribution in [0.1, 0.15) is 23.2 Å². The number of piperidine rings is 1. The average Bonchev–Trinajstić information content (AvgIpc) is 2.48. The topological polar surface area (TPSA) is 84.7 Å². The van der Waals surface area contributed by atoms with Crippen molar-refractivity contribution in [2.45, 2.75) is 18.9 Å². The van der Waals surface area contributed by atoms with Crippen molar-refractivity contribution in [2.24, 2.45) is 5.73 Å². The lowest BCUT2D eigenvalue weighted by Crippen LogP contribution is -2.46. The number of nitrogens with two attached hydrogens (primary N) is 1. The molecule has 1 aliphatic rings. The van der Waals surface area contributed by atoms with Crippen molar-refractivity contribution in [3.8, 4) is 5.75 Å². The van der Waals surface area contributed by atoms with Crippen molar-refractivity contribution in [1.82, 2.24) is 10.2 Å². The molecule has 22 heavy (non-hydrogen) atoms. The minimum absolute atomic E-state index is 0.00963. The number of carbonyl (C=O) groups is 2. The SMILES string of the molecule is COc1ccc(F)cc1C(=O)NC1CCN(CC(N)=O)CC1. The Morgan fingerprint density at radius 2 is 2.09 bits per heavy atom. The average molecular weight is 309 g/mol. The van der Waals surface area contributed by atoms with Crippen molar-refractivity contribution in [3.05, 3.63) is 29.6 Å². The number of methoxy groups -OCH3 is 1. The van der Waals surface area contributed by atoms with Crippen molar-refractivity contribution in [2.75, 3.05) is 26.7 Å². The molecule has 7 heteroatoms. The first kappa shape index (κ1) is 16.2. The number of ether oxygens (including phenoxy) is 1. The Morgan fingerprint density at radius 1 is 1.41 bits per heavy atom. The van der Waals surface area contributed by atoms with Gasteiger partial charge < -0.3 is 15.8 Å². The highest BCUT2D eigenvalue weighted by atomic mass is 19.1. The molecule has 0 unspecified atom stereocenters. The summed E-state index contributed by atoms with van der Waals surface area (Å²) < 4.78 is 18.4. The van der Waals surface area contributed by atoms with E-state index >= 15 is 0 Å². The predicted molar refractivity (Wildman–Crippen MR) is 79.1 cm³/mol. The van der Waals surface area contributed by atoms with Crippen LogP contribution in [0.4, 0.5) is 4.39 Å². The first-order valence-electron chi connectivity index (χ1n) is 7.14. The number of likely N-dealkylation sites (tertiary alicyclic amines) is 1.